The van der Waals surface area contributed by atoms with E-state index in [-0.39, 0.29) is 0 Å². The zero-order valence-electron chi connectivity index (χ0n) is 10.3. The Morgan fingerprint density at radius 2 is 2.00 bits per heavy atom. The number of hydrogen-bond donors (Lipinski definition) is 1. The lowest BCUT2D eigenvalue weighted by molar-refractivity contribution is 0.994. The fraction of sp³-hybridized carbons (Fsp3) is 0.0714. The first-order chi connectivity index (χ1) is 9.43. The Morgan fingerprint density at radius 3 is 2.79 bits per heavy atom. The SMILES string of the molecule is c1ccc(-n2ccnc2)c(NCc2cnccn2)c1. The first-order valence-corrected chi connectivity index (χ1v) is 5.99. The molecule has 0 saturated heterocycles. The maximum atomic E-state index is 4.24. The lowest BCUT2D eigenvalue weighted by atomic mass is 10.2. The molecule has 0 unspecified atom stereocenters. The van der Waals surface area contributed by atoms with Crippen LogP contribution in [0.25, 0.3) is 5.69 Å². The second-order valence-electron chi connectivity index (χ2n) is 4.04. The lowest BCUT2D eigenvalue weighted by Crippen LogP contribution is -2.05. The Morgan fingerprint density at radius 1 is 1.05 bits per heavy atom. The molecule has 0 atom stereocenters. The van der Waals surface area contributed by atoms with E-state index in [2.05, 4.69) is 20.3 Å². The normalized spacial score (nSPS) is 10.3. The van der Waals surface area contributed by atoms with Crippen molar-refractivity contribution < 1.29 is 0 Å². The van der Waals surface area contributed by atoms with E-state index in [1.807, 2.05) is 35.0 Å². The van der Waals surface area contributed by atoms with E-state index in [9.17, 15) is 0 Å². The number of hydrogen-bond acceptors (Lipinski definition) is 4. The van der Waals surface area contributed by atoms with Crippen molar-refractivity contribution >= 4 is 5.69 Å². The molecule has 0 saturated carbocycles. The van der Waals surface area contributed by atoms with Crippen LogP contribution in [0.5, 0.6) is 0 Å². The molecule has 2 heterocycles. The molecule has 0 aliphatic heterocycles. The number of imidazole rings is 1. The molecule has 0 bridgehead atoms. The minimum atomic E-state index is 0.638. The van der Waals surface area contributed by atoms with Gasteiger partial charge < -0.3 is 9.88 Å². The molecule has 3 rings (SSSR count). The van der Waals surface area contributed by atoms with E-state index in [1.165, 1.54) is 0 Å². The summed E-state index contributed by atoms with van der Waals surface area (Å²) in [4.78, 5) is 12.4. The largest absolute Gasteiger partial charge is 0.378 e. The van der Waals surface area contributed by atoms with Gasteiger partial charge in [-0.3, -0.25) is 9.97 Å². The summed E-state index contributed by atoms with van der Waals surface area (Å²) in [7, 11) is 0. The van der Waals surface area contributed by atoms with Gasteiger partial charge >= 0.3 is 0 Å². The molecule has 5 nitrogen and oxygen atoms in total. The maximum absolute atomic E-state index is 4.24. The first kappa shape index (κ1) is 11.4. The Labute approximate surface area is 111 Å². The minimum Gasteiger partial charge on any atom is -0.378 e. The van der Waals surface area contributed by atoms with Crippen molar-refractivity contribution in [3.8, 4) is 5.69 Å². The molecule has 0 spiro atoms. The van der Waals surface area contributed by atoms with Crippen LogP contribution < -0.4 is 5.32 Å². The average Bonchev–Trinajstić information content (AvgIpc) is 3.01. The van der Waals surface area contributed by atoms with Crippen molar-refractivity contribution in [2.45, 2.75) is 6.54 Å². The van der Waals surface area contributed by atoms with Crippen LogP contribution in [0.1, 0.15) is 5.69 Å². The third kappa shape index (κ3) is 2.60. The first-order valence-electron chi connectivity index (χ1n) is 5.99. The smallest absolute Gasteiger partial charge is 0.0992 e. The molecule has 94 valence electrons. The second kappa shape index (κ2) is 5.30. The van der Waals surface area contributed by atoms with Crippen LogP contribution in [-0.4, -0.2) is 19.5 Å². The average molecular weight is 251 g/mol. The summed E-state index contributed by atoms with van der Waals surface area (Å²) >= 11 is 0. The highest BCUT2D eigenvalue weighted by Crippen LogP contribution is 2.19. The highest BCUT2D eigenvalue weighted by Gasteiger charge is 2.03. The Bertz CT molecular complexity index is 634. The Kier molecular flexibility index (Phi) is 3.18. The molecule has 0 aliphatic rings. The van der Waals surface area contributed by atoms with Crippen molar-refractivity contribution in [3.63, 3.8) is 0 Å². The molecule has 0 aliphatic carbocycles. The summed E-state index contributed by atoms with van der Waals surface area (Å²) in [6.45, 7) is 0.638. The van der Waals surface area contributed by atoms with Crippen molar-refractivity contribution in [1.29, 1.82) is 0 Å². The topological polar surface area (TPSA) is 55.6 Å². The van der Waals surface area contributed by atoms with Crippen molar-refractivity contribution in [1.82, 2.24) is 19.5 Å². The molecule has 1 N–H and O–H groups in total. The Balaban J connectivity index is 1.82. The molecule has 5 heteroatoms. The number of rotatable bonds is 4. The highest BCUT2D eigenvalue weighted by molar-refractivity contribution is 5.60. The van der Waals surface area contributed by atoms with E-state index in [0.29, 0.717) is 6.54 Å². The zero-order valence-corrected chi connectivity index (χ0v) is 10.3. The molecule has 0 amide bonds. The van der Waals surface area contributed by atoms with E-state index < -0.39 is 0 Å². The summed E-state index contributed by atoms with van der Waals surface area (Å²) in [5.41, 5.74) is 3.00. The fourth-order valence-corrected chi connectivity index (χ4v) is 1.86. The molecular weight excluding hydrogens is 238 g/mol. The van der Waals surface area contributed by atoms with E-state index in [0.717, 1.165) is 17.1 Å². The van der Waals surface area contributed by atoms with Crippen LogP contribution in [0.2, 0.25) is 0 Å². The highest BCUT2D eigenvalue weighted by atomic mass is 15.1. The predicted octanol–water partition coefficient (Wildman–Crippen LogP) is 2.27. The van der Waals surface area contributed by atoms with Gasteiger partial charge in [-0.05, 0) is 12.1 Å². The molecule has 0 fully saturated rings. The van der Waals surface area contributed by atoms with Gasteiger partial charge in [0.25, 0.3) is 0 Å². The van der Waals surface area contributed by atoms with E-state index in [4.69, 9.17) is 0 Å². The lowest BCUT2D eigenvalue weighted by Gasteiger charge is -2.11. The predicted molar refractivity (Wildman–Crippen MR) is 72.9 cm³/mol. The van der Waals surface area contributed by atoms with Crippen LogP contribution in [0, 0.1) is 0 Å². The summed E-state index contributed by atoms with van der Waals surface area (Å²) in [6, 6.07) is 8.08. The van der Waals surface area contributed by atoms with Crippen LogP contribution in [0.4, 0.5) is 5.69 Å². The van der Waals surface area contributed by atoms with Crippen LogP contribution in [0.3, 0.4) is 0 Å². The fourth-order valence-electron chi connectivity index (χ4n) is 1.86. The number of nitrogens with one attached hydrogen (secondary N) is 1. The van der Waals surface area contributed by atoms with Gasteiger partial charge in [-0.1, -0.05) is 12.1 Å². The van der Waals surface area contributed by atoms with Gasteiger partial charge in [-0.25, -0.2) is 4.98 Å². The third-order valence-electron chi connectivity index (χ3n) is 2.76. The Hall–Kier alpha value is -2.69. The van der Waals surface area contributed by atoms with Gasteiger partial charge in [0, 0.05) is 24.8 Å². The number of para-hydroxylation sites is 2. The summed E-state index contributed by atoms with van der Waals surface area (Å²) in [5.74, 6) is 0. The quantitative estimate of drug-likeness (QED) is 0.773. The summed E-state index contributed by atoms with van der Waals surface area (Å²) in [5, 5.41) is 3.37. The summed E-state index contributed by atoms with van der Waals surface area (Å²) in [6.07, 6.45) is 10.6. The number of aromatic nitrogens is 4. The van der Waals surface area contributed by atoms with Gasteiger partial charge in [0.15, 0.2) is 0 Å². The van der Waals surface area contributed by atoms with Crippen molar-refractivity contribution in [2.24, 2.45) is 0 Å². The molecule has 2 aromatic heterocycles. The van der Waals surface area contributed by atoms with E-state index >= 15 is 0 Å². The molecule has 3 aromatic rings. The van der Waals surface area contributed by atoms with Crippen LogP contribution in [-0.2, 0) is 6.54 Å². The van der Waals surface area contributed by atoms with Crippen molar-refractivity contribution in [2.75, 3.05) is 5.32 Å². The molecular formula is C14H13N5. The molecule has 1 aromatic carbocycles. The number of benzene rings is 1. The standard InChI is InChI=1S/C14H13N5/c1-2-4-14(19-8-7-16-11-19)13(3-1)18-10-12-9-15-5-6-17-12/h1-9,11,18H,10H2. The summed E-state index contributed by atoms with van der Waals surface area (Å²) < 4.78 is 1.97. The van der Waals surface area contributed by atoms with Gasteiger partial charge in [-0.15, -0.1) is 0 Å². The molecule has 0 radical (unpaired) electrons. The molecule has 19 heavy (non-hydrogen) atoms. The van der Waals surface area contributed by atoms with Crippen LogP contribution in [0.15, 0.2) is 61.6 Å². The van der Waals surface area contributed by atoms with Crippen molar-refractivity contribution in [3.05, 3.63) is 67.3 Å². The zero-order chi connectivity index (χ0) is 12.9. The van der Waals surface area contributed by atoms with Crippen LogP contribution >= 0.6 is 0 Å². The maximum Gasteiger partial charge on any atom is 0.0992 e. The second-order valence-corrected chi connectivity index (χ2v) is 4.04. The van der Waals surface area contributed by atoms with Gasteiger partial charge in [0.2, 0.25) is 0 Å². The number of nitrogens with zero attached hydrogens (tertiary/aromatic N) is 4. The number of anilines is 1. The van der Waals surface area contributed by atoms with Gasteiger partial charge in [0.1, 0.15) is 0 Å². The van der Waals surface area contributed by atoms with Gasteiger partial charge in [-0.2, -0.15) is 0 Å². The van der Waals surface area contributed by atoms with Gasteiger partial charge in [0.05, 0.1) is 36.1 Å². The third-order valence-corrected chi connectivity index (χ3v) is 2.76. The monoisotopic (exact) mass is 251 g/mol. The minimum absolute atomic E-state index is 0.638. The van der Waals surface area contributed by atoms with E-state index in [1.54, 1.807) is 31.1 Å².